The van der Waals surface area contributed by atoms with Crippen molar-refractivity contribution in [1.82, 2.24) is 0 Å². The summed E-state index contributed by atoms with van der Waals surface area (Å²) in [6.45, 7) is 2.89. The van der Waals surface area contributed by atoms with Crippen molar-refractivity contribution in [3.05, 3.63) is 48.3 Å². The molecule has 2 aromatic rings. The molecule has 0 unspecified atom stereocenters. The number of pyridine rings is 1. The third-order valence-electron chi connectivity index (χ3n) is 5.48. The number of phenolic OH excluding ortho intramolecular Hbond substituents is 1. The van der Waals surface area contributed by atoms with Gasteiger partial charge < -0.3 is 31.6 Å². The van der Waals surface area contributed by atoms with Gasteiger partial charge in [0.1, 0.15) is 5.69 Å². The maximum Gasteiger partial charge on any atom is 0.372 e. The zero-order valence-corrected chi connectivity index (χ0v) is 22.1. The molecule has 1 aromatic heterocycles. The normalized spacial score (nSPS) is 10.8. The molecule has 1 N–H and O–H groups in total. The van der Waals surface area contributed by atoms with Crippen LogP contribution >= 0.6 is 0 Å². The van der Waals surface area contributed by atoms with E-state index in [4.69, 9.17) is 9.47 Å². The molecule has 188 valence electrons. The first-order chi connectivity index (χ1) is 16.1. The Kier molecular flexibility index (Phi) is 15.7. The lowest BCUT2D eigenvalue weighted by molar-refractivity contribution is -0.685. The summed E-state index contributed by atoms with van der Waals surface area (Å²) in [5.41, 5.74) is 1.52. The van der Waals surface area contributed by atoms with E-state index in [9.17, 15) is 9.90 Å². The molecule has 6 nitrogen and oxygen atoms in total. The molecule has 0 bridgehead atoms. The molecule has 0 saturated heterocycles. The number of phenols is 1. The number of rotatable bonds is 16. The maximum atomic E-state index is 12.1. The van der Waals surface area contributed by atoms with Gasteiger partial charge in [-0.15, -0.1) is 0 Å². The monoisotopic (exact) mass is 534 g/mol. The summed E-state index contributed by atoms with van der Waals surface area (Å²) in [4.78, 5) is 16.6. The molecule has 1 aromatic carbocycles. The number of carbonyl (C=O) groups is 1. The number of aromatic nitrogens is 1. The van der Waals surface area contributed by atoms with E-state index in [0.717, 1.165) is 18.4 Å². The summed E-state index contributed by atoms with van der Waals surface area (Å²) in [5, 5.41) is 9.68. The Bertz CT molecular complexity index is 873. The van der Waals surface area contributed by atoms with Crippen molar-refractivity contribution in [1.29, 1.82) is 0 Å². The number of unbranched alkanes of at least 4 members (excludes halogenated alkanes) is 9. The summed E-state index contributed by atoms with van der Waals surface area (Å²) in [6.07, 6.45) is 17.9. The molecule has 2 rings (SSSR count). The molecule has 34 heavy (non-hydrogen) atoms. The van der Waals surface area contributed by atoms with Gasteiger partial charge in [0.2, 0.25) is 6.54 Å². The highest BCUT2D eigenvalue weighted by Crippen LogP contribution is 2.25. The second kappa shape index (κ2) is 18.0. The van der Waals surface area contributed by atoms with Crippen LogP contribution in [0, 0.1) is 0 Å². The molecule has 0 fully saturated rings. The summed E-state index contributed by atoms with van der Waals surface area (Å²) in [6, 6.07) is 8.74. The fourth-order valence-corrected chi connectivity index (χ4v) is 3.58. The quantitative estimate of drug-likeness (QED) is 0.155. The summed E-state index contributed by atoms with van der Waals surface area (Å²) >= 11 is 0. The number of nitrogens with zero attached hydrogens (tertiary/aromatic N) is 2. The van der Waals surface area contributed by atoms with Crippen LogP contribution in [0.2, 0.25) is 0 Å². The average Bonchev–Trinajstić information content (AvgIpc) is 2.82. The standard InChI is InChI=1S/C27H38N2O4.BrH/c1-3-4-5-6-7-8-9-10-11-12-18-33-27(31)22-29-17-13-14-24(21-29)28-20-23-15-16-25(30)26(19-23)32-2;/h13-17,19-21H,3-12,18,22H2,1-2H3;1H. The Labute approximate surface area is 214 Å². The topological polar surface area (TPSA) is 72.0 Å². The van der Waals surface area contributed by atoms with Crippen LogP contribution in [0.4, 0.5) is 5.69 Å². The summed E-state index contributed by atoms with van der Waals surface area (Å²) in [5.74, 6) is 0.246. The number of carbonyl (C=O) groups excluding carboxylic acids is 1. The first-order valence-electron chi connectivity index (χ1n) is 12.2. The van der Waals surface area contributed by atoms with Crippen molar-refractivity contribution in [3.63, 3.8) is 0 Å². The van der Waals surface area contributed by atoms with Crippen molar-refractivity contribution in [2.45, 2.75) is 77.7 Å². The smallest absolute Gasteiger partial charge is 0.372 e. The number of esters is 1. The second-order valence-corrected chi connectivity index (χ2v) is 8.33. The fourth-order valence-electron chi connectivity index (χ4n) is 3.58. The Morgan fingerprint density at radius 2 is 1.71 bits per heavy atom. The third kappa shape index (κ3) is 12.2. The van der Waals surface area contributed by atoms with Crippen molar-refractivity contribution in [2.75, 3.05) is 13.7 Å². The zero-order chi connectivity index (χ0) is 23.7. The Balaban J connectivity index is 0.00000578. The molecule has 0 aliphatic carbocycles. The van der Waals surface area contributed by atoms with E-state index in [1.54, 1.807) is 35.2 Å². The molecule has 1 heterocycles. The van der Waals surface area contributed by atoms with Crippen molar-refractivity contribution in [2.24, 2.45) is 4.99 Å². The summed E-state index contributed by atoms with van der Waals surface area (Å²) < 4.78 is 12.3. The number of benzene rings is 1. The third-order valence-corrected chi connectivity index (χ3v) is 5.48. The molecular weight excluding hydrogens is 496 g/mol. The van der Waals surface area contributed by atoms with Crippen molar-refractivity contribution >= 4 is 17.9 Å². The lowest BCUT2D eigenvalue weighted by Crippen LogP contribution is -3.00. The fraction of sp³-hybridized carbons (Fsp3) is 0.519. The zero-order valence-electron chi connectivity index (χ0n) is 20.5. The molecule has 0 aliphatic rings. The van der Waals surface area contributed by atoms with Gasteiger partial charge in [-0.25, -0.2) is 9.79 Å². The Morgan fingerprint density at radius 1 is 1.03 bits per heavy atom. The number of ether oxygens (including phenoxy) is 2. The van der Waals surface area contributed by atoms with Crippen LogP contribution in [0.1, 0.15) is 76.7 Å². The van der Waals surface area contributed by atoms with Crippen LogP contribution < -0.4 is 26.3 Å². The minimum atomic E-state index is -0.236. The van der Waals surface area contributed by atoms with Crippen LogP contribution in [-0.2, 0) is 16.1 Å². The molecular formula is C27H39BrN2O4. The van der Waals surface area contributed by atoms with Gasteiger partial charge in [-0.05, 0) is 36.2 Å². The molecule has 0 atom stereocenters. The molecule has 0 aliphatic heterocycles. The number of methoxy groups -OCH3 is 1. The number of hydrogen-bond donors (Lipinski definition) is 1. The van der Waals surface area contributed by atoms with Crippen molar-refractivity contribution < 1.29 is 40.9 Å². The number of aromatic hydroxyl groups is 1. The first kappa shape index (κ1) is 29.6. The van der Waals surface area contributed by atoms with Gasteiger partial charge in [0, 0.05) is 12.3 Å². The van der Waals surface area contributed by atoms with Crippen LogP contribution in [0.5, 0.6) is 11.5 Å². The van der Waals surface area contributed by atoms with Crippen LogP contribution in [-0.4, -0.2) is 31.0 Å². The highest BCUT2D eigenvalue weighted by atomic mass is 79.9. The average molecular weight is 536 g/mol. The molecule has 7 heteroatoms. The van der Waals surface area contributed by atoms with Gasteiger partial charge in [-0.2, -0.15) is 4.57 Å². The van der Waals surface area contributed by atoms with Crippen LogP contribution in [0.15, 0.2) is 47.7 Å². The van der Waals surface area contributed by atoms with E-state index in [2.05, 4.69) is 11.9 Å². The Morgan fingerprint density at radius 3 is 2.38 bits per heavy atom. The van der Waals surface area contributed by atoms with Gasteiger partial charge in [-0.3, -0.25) is 0 Å². The lowest BCUT2D eigenvalue weighted by atomic mass is 10.1. The number of halogens is 1. The number of hydrogen-bond acceptors (Lipinski definition) is 5. The van der Waals surface area contributed by atoms with E-state index >= 15 is 0 Å². The summed E-state index contributed by atoms with van der Waals surface area (Å²) in [7, 11) is 1.51. The highest BCUT2D eigenvalue weighted by molar-refractivity contribution is 5.82. The largest absolute Gasteiger partial charge is 1.00 e. The van der Waals surface area contributed by atoms with E-state index in [1.165, 1.54) is 58.5 Å². The van der Waals surface area contributed by atoms with Gasteiger partial charge in [0.25, 0.3) is 0 Å². The van der Waals surface area contributed by atoms with Crippen LogP contribution in [0.25, 0.3) is 0 Å². The lowest BCUT2D eigenvalue weighted by Gasteiger charge is -2.04. The van der Waals surface area contributed by atoms with Gasteiger partial charge in [0.05, 0.1) is 13.7 Å². The van der Waals surface area contributed by atoms with E-state index in [0.29, 0.717) is 18.0 Å². The van der Waals surface area contributed by atoms with E-state index in [1.807, 2.05) is 18.3 Å². The second-order valence-electron chi connectivity index (χ2n) is 8.33. The first-order valence-corrected chi connectivity index (χ1v) is 12.2. The van der Waals surface area contributed by atoms with E-state index < -0.39 is 0 Å². The van der Waals surface area contributed by atoms with E-state index in [-0.39, 0.29) is 35.2 Å². The SMILES string of the molecule is CCCCCCCCCCCCOC(=O)C[n+]1cccc(N=Cc2ccc(O)c(OC)c2)c1.[Br-]. The molecule has 0 saturated carbocycles. The van der Waals surface area contributed by atoms with Gasteiger partial charge in [-0.1, -0.05) is 64.7 Å². The predicted octanol–water partition coefficient (Wildman–Crippen LogP) is 2.91. The van der Waals surface area contributed by atoms with Gasteiger partial charge in [0.15, 0.2) is 23.9 Å². The molecule has 0 spiro atoms. The minimum Gasteiger partial charge on any atom is -1.00 e. The van der Waals surface area contributed by atoms with Crippen molar-refractivity contribution in [3.8, 4) is 11.5 Å². The number of aliphatic imine (C=N–C) groups is 1. The molecule has 0 radical (unpaired) electrons. The Hall–Kier alpha value is -2.41. The predicted molar refractivity (Wildman–Crippen MR) is 131 cm³/mol. The highest BCUT2D eigenvalue weighted by Gasteiger charge is 2.11. The molecule has 0 amide bonds. The van der Waals surface area contributed by atoms with Gasteiger partial charge >= 0.3 is 5.97 Å². The van der Waals surface area contributed by atoms with Crippen LogP contribution in [0.3, 0.4) is 0 Å². The minimum absolute atomic E-state index is 0. The maximum absolute atomic E-state index is 12.1.